The lowest BCUT2D eigenvalue weighted by molar-refractivity contribution is 0.463. The van der Waals surface area contributed by atoms with E-state index in [-0.39, 0.29) is 0 Å². The van der Waals surface area contributed by atoms with Crippen LogP contribution in [0.15, 0.2) is 24.9 Å². The summed E-state index contributed by atoms with van der Waals surface area (Å²) in [6.45, 7) is 11.5. The largest absolute Gasteiger partial charge is 0.313 e. The van der Waals surface area contributed by atoms with Gasteiger partial charge in [-0.25, -0.2) is 0 Å². The molecule has 1 N–H and O–H groups in total. The van der Waals surface area contributed by atoms with E-state index in [0.717, 1.165) is 32.2 Å². The van der Waals surface area contributed by atoms with Crippen LogP contribution in [0.25, 0.3) is 0 Å². The zero-order valence-electron chi connectivity index (χ0n) is 12.0. The van der Waals surface area contributed by atoms with Crippen molar-refractivity contribution in [3.05, 3.63) is 30.6 Å². The van der Waals surface area contributed by atoms with Crippen molar-refractivity contribution in [2.45, 2.75) is 58.5 Å². The maximum atomic E-state index is 4.65. The van der Waals surface area contributed by atoms with Crippen LogP contribution in [-0.4, -0.2) is 22.4 Å². The Balaban J connectivity index is 2.57. The molecule has 0 fully saturated rings. The average Bonchev–Trinajstić information content (AvgIpc) is 2.83. The summed E-state index contributed by atoms with van der Waals surface area (Å²) in [5, 5.41) is 8.20. The maximum absolute atomic E-state index is 4.65. The monoisotopic (exact) mass is 249 g/mol. The van der Waals surface area contributed by atoms with Gasteiger partial charge in [-0.3, -0.25) is 4.68 Å². The van der Waals surface area contributed by atoms with Crippen molar-refractivity contribution in [1.82, 2.24) is 15.1 Å². The van der Waals surface area contributed by atoms with E-state index < -0.39 is 0 Å². The SMILES string of the molecule is C=CCC(Cc1ccn(C(C)CC)n1)NCCC. The van der Waals surface area contributed by atoms with E-state index >= 15 is 0 Å². The fourth-order valence-corrected chi connectivity index (χ4v) is 1.96. The first-order valence-electron chi connectivity index (χ1n) is 7.09. The van der Waals surface area contributed by atoms with Gasteiger partial charge in [0, 0.05) is 24.7 Å². The van der Waals surface area contributed by atoms with Crippen LogP contribution in [-0.2, 0) is 6.42 Å². The quantitative estimate of drug-likeness (QED) is 0.680. The summed E-state index contributed by atoms with van der Waals surface area (Å²) in [5.41, 5.74) is 1.17. The summed E-state index contributed by atoms with van der Waals surface area (Å²) in [7, 11) is 0. The number of nitrogens with zero attached hydrogens (tertiary/aromatic N) is 2. The van der Waals surface area contributed by atoms with E-state index in [1.807, 2.05) is 6.08 Å². The van der Waals surface area contributed by atoms with Gasteiger partial charge >= 0.3 is 0 Å². The normalized spacial score (nSPS) is 14.4. The highest BCUT2D eigenvalue weighted by Gasteiger charge is 2.10. The molecule has 0 aromatic carbocycles. The Morgan fingerprint density at radius 3 is 2.89 bits per heavy atom. The van der Waals surface area contributed by atoms with Crippen molar-refractivity contribution >= 4 is 0 Å². The standard InChI is InChI=1S/C15H27N3/c1-5-8-14(16-10-6-2)12-15-9-11-18(17-15)13(4)7-3/h5,9,11,13-14,16H,1,6-8,10,12H2,2-4H3. The second kappa shape index (κ2) is 8.09. The maximum Gasteiger partial charge on any atom is 0.0640 e. The van der Waals surface area contributed by atoms with Crippen LogP contribution >= 0.6 is 0 Å². The smallest absolute Gasteiger partial charge is 0.0640 e. The van der Waals surface area contributed by atoms with Gasteiger partial charge in [0.05, 0.1) is 5.69 Å². The first-order chi connectivity index (χ1) is 8.71. The van der Waals surface area contributed by atoms with Gasteiger partial charge in [-0.2, -0.15) is 5.10 Å². The van der Waals surface area contributed by atoms with E-state index in [0.29, 0.717) is 12.1 Å². The number of aromatic nitrogens is 2. The van der Waals surface area contributed by atoms with Gasteiger partial charge in [0.15, 0.2) is 0 Å². The summed E-state index contributed by atoms with van der Waals surface area (Å²) in [5.74, 6) is 0. The second-order valence-corrected chi connectivity index (χ2v) is 4.92. The molecule has 0 amide bonds. The molecule has 0 bridgehead atoms. The van der Waals surface area contributed by atoms with Crippen molar-refractivity contribution in [1.29, 1.82) is 0 Å². The molecule has 3 nitrogen and oxygen atoms in total. The second-order valence-electron chi connectivity index (χ2n) is 4.92. The number of hydrogen-bond donors (Lipinski definition) is 1. The number of rotatable bonds is 9. The molecule has 102 valence electrons. The van der Waals surface area contributed by atoms with Crippen molar-refractivity contribution in [3.63, 3.8) is 0 Å². The molecule has 0 aliphatic carbocycles. The Bertz CT molecular complexity index is 343. The fourth-order valence-electron chi connectivity index (χ4n) is 1.96. The molecule has 3 heteroatoms. The summed E-state index contributed by atoms with van der Waals surface area (Å²) < 4.78 is 2.07. The van der Waals surface area contributed by atoms with Gasteiger partial charge in [0.2, 0.25) is 0 Å². The van der Waals surface area contributed by atoms with Gasteiger partial charge in [0.25, 0.3) is 0 Å². The summed E-state index contributed by atoms with van der Waals surface area (Å²) in [4.78, 5) is 0. The third kappa shape index (κ3) is 4.65. The van der Waals surface area contributed by atoms with Crippen LogP contribution in [0.5, 0.6) is 0 Å². The predicted octanol–water partition coefficient (Wildman–Crippen LogP) is 3.34. The van der Waals surface area contributed by atoms with Crippen molar-refractivity contribution < 1.29 is 0 Å². The molecule has 2 atom stereocenters. The average molecular weight is 249 g/mol. The molecule has 2 unspecified atom stereocenters. The molecule has 0 radical (unpaired) electrons. The minimum absolute atomic E-state index is 0.461. The first kappa shape index (κ1) is 15.0. The Labute approximate surface area is 111 Å². The Morgan fingerprint density at radius 2 is 2.28 bits per heavy atom. The third-order valence-corrected chi connectivity index (χ3v) is 3.30. The zero-order chi connectivity index (χ0) is 13.4. The van der Waals surface area contributed by atoms with E-state index in [2.05, 4.69) is 54.7 Å². The van der Waals surface area contributed by atoms with E-state index in [1.165, 1.54) is 5.69 Å². The van der Waals surface area contributed by atoms with Gasteiger partial charge in [-0.15, -0.1) is 6.58 Å². The molecule has 18 heavy (non-hydrogen) atoms. The predicted molar refractivity (Wildman–Crippen MR) is 77.8 cm³/mol. The highest BCUT2D eigenvalue weighted by molar-refractivity contribution is 5.03. The van der Waals surface area contributed by atoms with E-state index in [1.54, 1.807) is 0 Å². The Morgan fingerprint density at radius 1 is 1.50 bits per heavy atom. The minimum Gasteiger partial charge on any atom is -0.313 e. The molecular weight excluding hydrogens is 222 g/mol. The van der Waals surface area contributed by atoms with Crippen LogP contribution in [0.3, 0.4) is 0 Å². The molecule has 1 aromatic heterocycles. The van der Waals surface area contributed by atoms with Crippen molar-refractivity contribution in [2.75, 3.05) is 6.54 Å². The highest BCUT2D eigenvalue weighted by Crippen LogP contribution is 2.11. The summed E-state index contributed by atoms with van der Waals surface area (Å²) >= 11 is 0. The number of hydrogen-bond acceptors (Lipinski definition) is 2. The Kier molecular flexibility index (Phi) is 6.73. The summed E-state index contributed by atoms with van der Waals surface area (Å²) in [6.07, 6.45) is 8.33. The zero-order valence-corrected chi connectivity index (χ0v) is 12.0. The molecule has 0 aliphatic heterocycles. The first-order valence-corrected chi connectivity index (χ1v) is 7.09. The Hall–Kier alpha value is -1.09. The minimum atomic E-state index is 0.461. The van der Waals surface area contributed by atoms with Crippen LogP contribution in [0, 0.1) is 0 Å². The van der Waals surface area contributed by atoms with E-state index in [4.69, 9.17) is 0 Å². The van der Waals surface area contributed by atoms with Crippen LogP contribution in [0.2, 0.25) is 0 Å². The van der Waals surface area contributed by atoms with Crippen molar-refractivity contribution in [3.8, 4) is 0 Å². The molecule has 1 heterocycles. The third-order valence-electron chi connectivity index (χ3n) is 3.30. The molecule has 0 aliphatic rings. The van der Waals surface area contributed by atoms with Crippen LogP contribution in [0.1, 0.15) is 51.8 Å². The van der Waals surface area contributed by atoms with Crippen LogP contribution in [0.4, 0.5) is 0 Å². The molecule has 1 aromatic rings. The number of nitrogens with one attached hydrogen (secondary N) is 1. The van der Waals surface area contributed by atoms with Crippen LogP contribution < -0.4 is 5.32 Å². The molecule has 0 saturated heterocycles. The van der Waals surface area contributed by atoms with Gasteiger partial charge < -0.3 is 5.32 Å². The lowest BCUT2D eigenvalue weighted by atomic mass is 10.1. The molecule has 0 spiro atoms. The topological polar surface area (TPSA) is 29.9 Å². The van der Waals surface area contributed by atoms with Gasteiger partial charge in [0.1, 0.15) is 0 Å². The molecular formula is C15H27N3. The lowest BCUT2D eigenvalue weighted by Gasteiger charge is -2.15. The van der Waals surface area contributed by atoms with Crippen molar-refractivity contribution in [2.24, 2.45) is 0 Å². The van der Waals surface area contributed by atoms with Gasteiger partial charge in [-0.05, 0) is 38.8 Å². The van der Waals surface area contributed by atoms with E-state index in [9.17, 15) is 0 Å². The highest BCUT2D eigenvalue weighted by atomic mass is 15.3. The molecule has 0 saturated carbocycles. The van der Waals surface area contributed by atoms with Gasteiger partial charge in [-0.1, -0.05) is 19.9 Å². The molecule has 1 rings (SSSR count). The fraction of sp³-hybridized carbons (Fsp3) is 0.667. The lowest BCUT2D eigenvalue weighted by Crippen LogP contribution is -2.31. The summed E-state index contributed by atoms with van der Waals surface area (Å²) in [6, 6.07) is 3.08.